The number of carbonyl (C=O) groups excluding carboxylic acids is 1. The molecule has 0 saturated carbocycles. The van der Waals surface area contributed by atoms with Crippen molar-refractivity contribution in [3.63, 3.8) is 0 Å². The molecule has 20 heavy (non-hydrogen) atoms. The first-order valence-corrected chi connectivity index (χ1v) is 7.94. The lowest BCUT2D eigenvalue weighted by molar-refractivity contribution is -0.132. The van der Waals surface area contributed by atoms with Crippen LogP contribution in [0.15, 0.2) is 42.0 Å². The maximum Gasteiger partial charge on any atom is 0.223 e. The Labute approximate surface area is 123 Å². The van der Waals surface area contributed by atoms with E-state index in [9.17, 15) is 4.79 Å². The van der Waals surface area contributed by atoms with Crippen LogP contribution in [0.5, 0.6) is 0 Å². The Hall–Kier alpha value is -1.68. The second kappa shape index (κ2) is 6.18. The van der Waals surface area contributed by atoms with Gasteiger partial charge in [-0.05, 0) is 42.3 Å². The van der Waals surface area contributed by atoms with Gasteiger partial charge in [0.05, 0.1) is 6.04 Å². The first-order valence-electron chi connectivity index (χ1n) is 7.06. The molecule has 0 aliphatic carbocycles. The summed E-state index contributed by atoms with van der Waals surface area (Å²) >= 11 is 1.72. The van der Waals surface area contributed by atoms with Crippen molar-refractivity contribution in [2.24, 2.45) is 0 Å². The van der Waals surface area contributed by atoms with Crippen molar-refractivity contribution in [2.75, 3.05) is 6.54 Å². The largest absolute Gasteiger partial charge is 0.336 e. The van der Waals surface area contributed by atoms with E-state index in [0.717, 1.165) is 31.4 Å². The van der Waals surface area contributed by atoms with E-state index in [0.29, 0.717) is 6.42 Å². The Morgan fingerprint density at radius 3 is 3.10 bits per heavy atom. The molecular weight excluding hydrogens is 268 g/mol. The molecule has 1 atom stereocenters. The predicted octanol–water partition coefficient (Wildman–Crippen LogP) is 3.44. The third kappa shape index (κ3) is 2.90. The van der Waals surface area contributed by atoms with Crippen LogP contribution >= 0.6 is 11.3 Å². The van der Waals surface area contributed by atoms with Crippen molar-refractivity contribution >= 4 is 17.2 Å². The molecule has 0 aromatic carbocycles. The molecule has 3 rings (SSSR count). The summed E-state index contributed by atoms with van der Waals surface area (Å²) in [6.45, 7) is 0.878. The standard InChI is InChI=1S/C16H18N2OS/c19-16(8-7-14-5-3-11-20-14)18-10-2-6-15(18)13-4-1-9-17-12-13/h1,3-5,9,11-12,15H,2,6-8,10H2. The highest BCUT2D eigenvalue weighted by atomic mass is 32.1. The first kappa shape index (κ1) is 13.3. The van der Waals surface area contributed by atoms with E-state index in [-0.39, 0.29) is 11.9 Å². The number of hydrogen-bond donors (Lipinski definition) is 0. The van der Waals surface area contributed by atoms with Crippen LogP contribution in [0.4, 0.5) is 0 Å². The van der Waals surface area contributed by atoms with E-state index in [4.69, 9.17) is 0 Å². The Morgan fingerprint density at radius 1 is 1.40 bits per heavy atom. The van der Waals surface area contributed by atoms with Crippen LogP contribution in [0.25, 0.3) is 0 Å². The molecule has 0 radical (unpaired) electrons. The van der Waals surface area contributed by atoms with Crippen molar-refractivity contribution in [1.82, 2.24) is 9.88 Å². The van der Waals surface area contributed by atoms with Crippen molar-refractivity contribution in [3.8, 4) is 0 Å². The Balaban J connectivity index is 1.64. The Morgan fingerprint density at radius 2 is 2.35 bits per heavy atom. The average molecular weight is 286 g/mol. The van der Waals surface area contributed by atoms with Crippen LogP contribution in [0.2, 0.25) is 0 Å². The fourth-order valence-corrected chi connectivity index (χ4v) is 3.52. The molecular formula is C16H18N2OS. The molecule has 0 bridgehead atoms. The van der Waals surface area contributed by atoms with E-state index in [1.807, 2.05) is 23.2 Å². The minimum atomic E-state index is 0.222. The van der Waals surface area contributed by atoms with Gasteiger partial charge in [-0.15, -0.1) is 11.3 Å². The molecule has 3 heterocycles. The van der Waals surface area contributed by atoms with Gasteiger partial charge in [-0.3, -0.25) is 9.78 Å². The number of nitrogens with zero attached hydrogens (tertiary/aromatic N) is 2. The average Bonchev–Trinajstić information content (AvgIpc) is 3.17. The molecule has 0 N–H and O–H groups in total. The summed E-state index contributed by atoms with van der Waals surface area (Å²) in [4.78, 5) is 19.9. The second-order valence-corrected chi connectivity index (χ2v) is 6.14. The minimum Gasteiger partial charge on any atom is -0.336 e. The number of hydrogen-bond acceptors (Lipinski definition) is 3. The number of thiophene rings is 1. The van der Waals surface area contributed by atoms with Crippen molar-refractivity contribution in [1.29, 1.82) is 0 Å². The third-order valence-corrected chi connectivity index (χ3v) is 4.74. The van der Waals surface area contributed by atoms with Crippen LogP contribution in [0.3, 0.4) is 0 Å². The molecule has 0 spiro atoms. The number of aromatic nitrogens is 1. The van der Waals surface area contributed by atoms with E-state index >= 15 is 0 Å². The normalized spacial score (nSPS) is 18.4. The lowest BCUT2D eigenvalue weighted by atomic mass is 10.1. The van der Waals surface area contributed by atoms with Gasteiger partial charge in [0.25, 0.3) is 0 Å². The van der Waals surface area contributed by atoms with Crippen LogP contribution in [0.1, 0.15) is 35.7 Å². The quantitative estimate of drug-likeness (QED) is 0.862. The van der Waals surface area contributed by atoms with Crippen molar-refractivity contribution < 1.29 is 4.79 Å². The van der Waals surface area contributed by atoms with Crippen LogP contribution in [-0.4, -0.2) is 22.3 Å². The van der Waals surface area contributed by atoms with Gasteiger partial charge in [-0.25, -0.2) is 0 Å². The van der Waals surface area contributed by atoms with Crippen molar-refractivity contribution in [2.45, 2.75) is 31.7 Å². The summed E-state index contributed by atoms with van der Waals surface area (Å²) in [5.41, 5.74) is 1.16. The molecule has 1 aliphatic rings. The zero-order chi connectivity index (χ0) is 13.8. The molecule has 1 amide bonds. The lowest BCUT2D eigenvalue weighted by Gasteiger charge is -2.24. The van der Waals surface area contributed by atoms with Gasteiger partial charge in [-0.1, -0.05) is 12.1 Å². The molecule has 1 saturated heterocycles. The smallest absolute Gasteiger partial charge is 0.223 e. The highest BCUT2D eigenvalue weighted by molar-refractivity contribution is 7.09. The fourth-order valence-electron chi connectivity index (χ4n) is 2.81. The van der Waals surface area contributed by atoms with E-state index < -0.39 is 0 Å². The summed E-state index contributed by atoms with van der Waals surface area (Å²) in [6, 6.07) is 8.38. The summed E-state index contributed by atoms with van der Waals surface area (Å²) in [5, 5.41) is 2.06. The summed E-state index contributed by atoms with van der Waals surface area (Å²) in [5.74, 6) is 0.268. The topological polar surface area (TPSA) is 33.2 Å². The van der Waals surface area contributed by atoms with Crippen LogP contribution in [-0.2, 0) is 11.2 Å². The van der Waals surface area contributed by atoms with E-state index in [1.54, 1.807) is 17.5 Å². The summed E-state index contributed by atoms with van der Waals surface area (Å²) in [7, 11) is 0. The molecule has 2 aromatic rings. The van der Waals surface area contributed by atoms with Gasteiger partial charge in [0, 0.05) is 30.2 Å². The second-order valence-electron chi connectivity index (χ2n) is 5.11. The molecule has 1 aliphatic heterocycles. The van der Waals surface area contributed by atoms with Gasteiger partial charge >= 0.3 is 0 Å². The van der Waals surface area contributed by atoms with Crippen LogP contribution < -0.4 is 0 Å². The molecule has 4 heteroatoms. The van der Waals surface area contributed by atoms with Gasteiger partial charge in [-0.2, -0.15) is 0 Å². The van der Waals surface area contributed by atoms with Crippen LogP contribution in [0, 0.1) is 0 Å². The molecule has 1 fully saturated rings. The monoisotopic (exact) mass is 286 g/mol. The number of rotatable bonds is 4. The number of pyridine rings is 1. The fraction of sp³-hybridized carbons (Fsp3) is 0.375. The van der Waals surface area contributed by atoms with E-state index in [2.05, 4.69) is 22.5 Å². The molecule has 2 aromatic heterocycles. The molecule has 1 unspecified atom stereocenters. The first-order chi connectivity index (χ1) is 9.84. The van der Waals surface area contributed by atoms with Gasteiger partial charge in [0.1, 0.15) is 0 Å². The maximum atomic E-state index is 12.4. The number of amides is 1. The van der Waals surface area contributed by atoms with Gasteiger partial charge < -0.3 is 4.90 Å². The third-order valence-electron chi connectivity index (χ3n) is 3.81. The van der Waals surface area contributed by atoms with Gasteiger partial charge in [0.15, 0.2) is 0 Å². The highest BCUT2D eigenvalue weighted by Gasteiger charge is 2.29. The maximum absolute atomic E-state index is 12.4. The zero-order valence-corrected chi connectivity index (χ0v) is 12.2. The minimum absolute atomic E-state index is 0.222. The SMILES string of the molecule is O=C(CCc1cccs1)N1CCCC1c1cccnc1. The molecule has 3 nitrogen and oxygen atoms in total. The Kier molecular flexibility index (Phi) is 4.11. The summed E-state index contributed by atoms with van der Waals surface area (Å²) in [6.07, 6.45) is 7.27. The summed E-state index contributed by atoms with van der Waals surface area (Å²) < 4.78 is 0. The number of aryl methyl sites for hydroxylation is 1. The van der Waals surface area contributed by atoms with Gasteiger partial charge in [0.2, 0.25) is 5.91 Å². The molecule has 104 valence electrons. The van der Waals surface area contributed by atoms with E-state index in [1.165, 1.54) is 4.88 Å². The lowest BCUT2D eigenvalue weighted by Crippen LogP contribution is -2.30. The number of carbonyl (C=O) groups is 1. The Bertz CT molecular complexity index is 553. The predicted molar refractivity (Wildman–Crippen MR) is 80.6 cm³/mol. The zero-order valence-electron chi connectivity index (χ0n) is 11.4. The van der Waals surface area contributed by atoms with Crippen molar-refractivity contribution in [3.05, 3.63) is 52.5 Å². The number of likely N-dealkylation sites (tertiary alicyclic amines) is 1. The highest BCUT2D eigenvalue weighted by Crippen LogP contribution is 2.32.